The van der Waals surface area contributed by atoms with E-state index >= 15 is 0 Å². The fourth-order valence-electron chi connectivity index (χ4n) is 2.09. The number of anilines is 1. The molecule has 0 bridgehead atoms. The van der Waals surface area contributed by atoms with Gasteiger partial charge in [-0.25, -0.2) is 0 Å². The van der Waals surface area contributed by atoms with Crippen LogP contribution in [0, 0.1) is 4.64 Å². The Balaban J connectivity index is 1.85. The molecule has 0 aliphatic carbocycles. The normalized spacial score (nSPS) is 10.7. The zero-order valence-electron chi connectivity index (χ0n) is 11.9. The summed E-state index contributed by atoms with van der Waals surface area (Å²) in [7, 11) is 0. The summed E-state index contributed by atoms with van der Waals surface area (Å²) in [6.07, 6.45) is 3.70. The van der Waals surface area contributed by atoms with Crippen molar-refractivity contribution in [3.05, 3.63) is 89.2 Å². The lowest BCUT2D eigenvalue weighted by atomic mass is 10.2. The number of hydrogen-bond donors (Lipinski definition) is 1. The van der Waals surface area contributed by atoms with Crippen molar-refractivity contribution < 1.29 is 0 Å². The highest BCUT2D eigenvalue weighted by molar-refractivity contribution is 7.71. The molecule has 3 nitrogen and oxygen atoms in total. The number of pyridine rings is 1. The lowest BCUT2D eigenvalue weighted by molar-refractivity contribution is 1.02. The summed E-state index contributed by atoms with van der Waals surface area (Å²) in [6.45, 7) is 0. The molecule has 0 amide bonds. The fraction of sp³-hybridized carbons (Fsp3) is 0. The first-order valence-electron chi connectivity index (χ1n) is 6.96. The molecule has 0 saturated heterocycles. The monoisotopic (exact) mass is 305 g/mol. The van der Waals surface area contributed by atoms with Crippen LogP contribution in [-0.2, 0) is 0 Å². The summed E-state index contributed by atoms with van der Waals surface area (Å²) in [5.74, 6) is 0. The molecule has 1 N–H and O–H groups in total. The van der Waals surface area contributed by atoms with E-state index in [2.05, 4.69) is 10.5 Å². The van der Waals surface area contributed by atoms with E-state index in [0.717, 1.165) is 21.6 Å². The molecule has 3 rings (SSSR count). The first-order chi connectivity index (χ1) is 10.8. The highest BCUT2D eigenvalue weighted by Gasteiger charge is 1.99. The molecule has 0 aliphatic heterocycles. The number of benzene rings is 2. The van der Waals surface area contributed by atoms with Gasteiger partial charge >= 0.3 is 0 Å². The average Bonchev–Trinajstić information content (AvgIpc) is 2.58. The number of hydrazone groups is 1. The predicted octanol–water partition coefficient (Wildman–Crippen LogP) is 4.65. The summed E-state index contributed by atoms with van der Waals surface area (Å²) >= 11 is 5.55. The van der Waals surface area contributed by atoms with Gasteiger partial charge in [0.15, 0.2) is 0 Å². The minimum absolute atomic E-state index is 0.729. The Kier molecular flexibility index (Phi) is 4.41. The minimum atomic E-state index is 0.729. The quantitative estimate of drug-likeness (QED) is 0.432. The van der Waals surface area contributed by atoms with Crippen LogP contribution in [0.25, 0.3) is 5.69 Å². The maximum absolute atomic E-state index is 5.55. The van der Waals surface area contributed by atoms with Gasteiger partial charge in [0, 0.05) is 17.4 Å². The third-order valence-corrected chi connectivity index (χ3v) is 3.61. The largest absolute Gasteiger partial charge is 0.308 e. The molecular formula is C18H15N3S. The second-order valence-electron chi connectivity index (χ2n) is 4.71. The Morgan fingerprint density at radius 1 is 0.864 bits per heavy atom. The van der Waals surface area contributed by atoms with Crippen molar-refractivity contribution >= 4 is 24.1 Å². The van der Waals surface area contributed by atoms with E-state index < -0.39 is 0 Å². The van der Waals surface area contributed by atoms with Gasteiger partial charge in [0.2, 0.25) is 0 Å². The van der Waals surface area contributed by atoms with Crippen LogP contribution in [0.15, 0.2) is 84.1 Å². The van der Waals surface area contributed by atoms with Crippen LogP contribution in [0.4, 0.5) is 5.69 Å². The molecule has 0 atom stereocenters. The lowest BCUT2D eigenvalue weighted by Gasteiger charge is -2.08. The number of hydrogen-bond acceptors (Lipinski definition) is 3. The topological polar surface area (TPSA) is 29.3 Å². The van der Waals surface area contributed by atoms with Gasteiger partial charge in [-0.2, -0.15) is 5.10 Å². The van der Waals surface area contributed by atoms with Crippen LogP contribution in [0.2, 0.25) is 0 Å². The second kappa shape index (κ2) is 6.83. The van der Waals surface area contributed by atoms with Crippen molar-refractivity contribution in [3.8, 4) is 5.69 Å². The van der Waals surface area contributed by atoms with Gasteiger partial charge < -0.3 is 4.57 Å². The molecule has 1 aromatic heterocycles. The van der Waals surface area contributed by atoms with E-state index in [-0.39, 0.29) is 0 Å². The first-order valence-corrected chi connectivity index (χ1v) is 7.36. The molecule has 0 radical (unpaired) electrons. The van der Waals surface area contributed by atoms with Gasteiger partial charge in [-0.15, -0.1) is 0 Å². The van der Waals surface area contributed by atoms with Gasteiger partial charge in [0.05, 0.1) is 11.9 Å². The number of nitrogens with zero attached hydrogens (tertiary/aromatic N) is 2. The zero-order valence-corrected chi connectivity index (χ0v) is 12.7. The maximum atomic E-state index is 5.55. The molecule has 0 saturated carbocycles. The summed E-state index contributed by atoms with van der Waals surface area (Å²) in [4.78, 5) is 0. The van der Waals surface area contributed by atoms with E-state index in [4.69, 9.17) is 12.2 Å². The lowest BCUT2D eigenvalue weighted by Crippen LogP contribution is -2.00. The number of nitrogens with one attached hydrogen (secondary N) is 1. The third kappa shape index (κ3) is 3.30. The van der Waals surface area contributed by atoms with Gasteiger partial charge in [-0.3, -0.25) is 5.43 Å². The molecular weight excluding hydrogens is 290 g/mol. The predicted molar refractivity (Wildman–Crippen MR) is 94.3 cm³/mol. The van der Waals surface area contributed by atoms with Gasteiger partial charge in [0.25, 0.3) is 0 Å². The summed E-state index contributed by atoms with van der Waals surface area (Å²) in [5.41, 5.74) is 5.87. The fourth-order valence-corrected chi connectivity index (χ4v) is 2.38. The summed E-state index contributed by atoms with van der Waals surface area (Å²) in [6, 6.07) is 23.8. The van der Waals surface area contributed by atoms with Crippen molar-refractivity contribution in [2.45, 2.75) is 0 Å². The van der Waals surface area contributed by atoms with E-state index in [1.54, 1.807) is 6.21 Å². The Bertz CT molecular complexity index is 824. The first kappa shape index (κ1) is 14.2. The van der Waals surface area contributed by atoms with Crippen LogP contribution in [0.3, 0.4) is 0 Å². The van der Waals surface area contributed by atoms with E-state index in [1.165, 1.54) is 0 Å². The second-order valence-corrected chi connectivity index (χ2v) is 5.10. The number of para-hydroxylation sites is 2. The van der Waals surface area contributed by atoms with E-state index in [9.17, 15) is 0 Å². The molecule has 0 spiro atoms. The molecule has 0 fully saturated rings. The van der Waals surface area contributed by atoms with Crippen LogP contribution in [-0.4, -0.2) is 10.8 Å². The van der Waals surface area contributed by atoms with Gasteiger partial charge in [-0.1, -0.05) is 48.6 Å². The zero-order chi connectivity index (χ0) is 15.2. The van der Waals surface area contributed by atoms with Crippen molar-refractivity contribution in [2.24, 2.45) is 5.10 Å². The smallest absolute Gasteiger partial charge is 0.119 e. The molecule has 22 heavy (non-hydrogen) atoms. The molecule has 0 unspecified atom stereocenters. The third-order valence-electron chi connectivity index (χ3n) is 3.18. The maximum Gasteiger partial charge on any atom is 0.119 e. The number of aromatic nitrogens is 1. The van der Waals surface area contributed by atoms with Crippen LogP contribution in [0.5, 0.6) is 0 Å². The van der Waals surface area contributed by atoms with Crippen molar-refractivity contribution in [3.63, 3.8) is 0 Å². The minimum Gasteiger partial charge on any atom is -0.308 e. The van der Waals surface area contributed by atoms with Gasteiger partial charge in [0.1, 0.15) is 4.64 Å². The SMILES string of the molecule is S=c1c(C=NNc2ccccc2)cccn1-c1ccccc1. The molecule has 108 valence electrons. The molecule has 0 aliphatic rings. The van der Waals surface area contributed by atoms with E-state index in [1.807, 2.05) is 83.6 Å². The van der Waals surface area contributed by atoms with Gasteiger partial charge in [-0.05, 0) is 36.4 Å². The van der Waals surface area contributed by atoms with Crippen LogP contribution in [0.1, 0.15) is 5.56 Å². The Morgan fingerprint density at radius 3 is 2.27 bits per heavy atom. The van der Waals surface area contributed by atoms with Crippen LogP contribution >= 0.6 is 12.2 Å². The Hall–Kier alpha value is -2.72. The Labute approximate surface area is 134 Å². The van der Waals surface area contributed by atoms with Crippen molar-refractivity contribution in [2.75, 3.05) is 5.43 Å². The Morgan fingerprint density at radius 2 is 1.55 bits per heavy atom. The molecule has 1 heterocycles. The molecule has 4 heteroatoms. The van der Waals surface area contributed by atoms with Crippen molar-refractivity contribution in [1.29, 1.82) is 0 Å². The standard InChI is InChI=1S/C18H15N3S/c22-18-15(14-19-20-16-9-3-1-4-10-16)8-7-13-21(18)17-11-5-2-6-12-17/h1-14,20H. The van der Waals surface area contributed by atoms with Crippen LogP contribution < -0.4 is 5.43 Å². The molecule has 2 aromatic carbocycles. The van der Waals surface area contributed by atoms with E-state index in [0.29, 0.717) is 0 Å². The highest BCUT2D eigenvalue weighted by atomic mass is 32.1. The average molecular weight is 305 g/mol. The number of rotatable bonds is 4. The highest BCUT2D eigenvalue weighted by Crippen LogP contribution is 2.11. The van der Waals surface area contributed by atoms with Crippen molar-refractivity contribution in [1.82, 2.24) is 4.57 Å². The summed E-state index contributed by atoms with van der Waals surface area (Å²) in [5, 5.41) is 4.25. The molecule has 3 aromatic rings. The summed E-state index contributed by atoms with van der Waals surface area (Å²) < 4.78 is 2.70.